The Morgan fingerprint density at radius 3 is 2.59 bits per heavy atom. The molecule has 1 aliphatic rings. The van der Waals surface area contributed by atoms with Crippen molar-refractivity contribution in [1.82, 2.24) is 9.47 Å². The second kappa shape index (κ2) is 8.18. The first-order valence-electron chi connectivity index (χ1n) is 9.62. The van der Waals surface area contributed by atoms with Gasteiger partial charge in [0.25, 0.3) is 5.69 Å². The van der Waals surface area contributed by atoms with Gasteiger partial charge in [-0.2, -0.15) is 0 Å². The SMILES string of the molecule is O=C(CCNc1ccccc1[N+](=O)[O-])N1CCn2cccc2C1c1ccccc1. The van der Waals surface area contributed by atoms with Crippen LogP contribution in [0.2, 0.25) is 0 Å². The molecule has 1 aliphatic heterocycles. The third-order valence-electron chi connectivity index (χ3n) is 5.23. The third kappa shape index (κ3) is 3.85. The largest absolute Gasteiger partial charge is 0.379 e. The van der Waals surface area contributed by atoms with Crippen molar-refractivity contribution in [3.05, 3.63) is 94.3 Å². The van der Waals surface area contributed by atoms with E-state index in [4.69, 9.17) is 0 Å². The van der Waals surface area contributed by atoms with Crippen LogP contribution < -0.4 is 5.32 Å². The zero-order chi connectivity index (χ0) is 20.2. The van der Waals surface area contributed by atoms with Crippen LogP contribution in [0.25, 0.3) is 0 Å². The molecule has 0 saturated carbocycles. The molecule has 0 radical (unpaired) electrons. The zero-order valence-electron chi connectivity index (χ0n) is 15.9. The summed E-state index contributed by atoms with van der Waals surface area (Å²) in [4.78, 5) is 25.7. The van der Waals surface area contributed by atoms with Crippen LogP contribution >= 0.6 is 0 Å². The number of aromatic nitrogens is 1. The zero-order valence-corrected chi connectivity index (χ0v) is 15.9. The minimum absolute atomic E-state index is 0.0120. The molecule has 1 unspecified atom stereocenters. The molecule has 1 aromatic heterocycles. The monoisotopic (exact) mass is 390 g/mol. The summed E-state index contributed by atoms with van der Waals surface area (Å²) in [5.41, 5.74) is 2.62. The molecule has 0 saturated heterocycles. The lowest BCUT2D eigenvalue weighted by atomic mass is 9.99. The summed E-state index contributed by atoms with van der Waals surface area (Å²) < 4.78 is 2.19. The number of amides is 1. The Balaban J connectivity index is 1.49. The van der Waals surface area contributed by atoms with Gasteiger partial charge < -0.3 is 14.8 Å². The van der Waals surface area contributed by atoms with Crippen LogP contribution in [0.5, 0.6) is 0 Å². The van der Waals surface area contributed by atoms with Crippen molar-refractivity contribution in [3.8, 4) is 0 Å². The molecule has 2 heterocycles. The maximum absolute atomic E-state index is 13.1. The molecule has 1 amide bonds. The summed E-state index contributed by atoms with van der Waals surface area (Å²) in [5, 5.41) is 14.2. The number of carbonyl (C=O) groups excluding carboxylic acids is 1. The molecule has 0 bridgehead atoms. The maximum atomic E-state index is 13.1. The number of hydrogen-bond donors (Lipinski definition) is 1. The van der Waals surface area contributed by atoms with Gasteiger partial charge in [0.15, 0.2) is 0 Å². The van der Waals surface area contributed by atoms with Gasteiger partial charge in [-0.15, -0.1) is 0 Å². The van der Waals surface area contributed by atoms with E-state index in [0.717, 1.165) is 17.8 Å². The molecule has 0 aliphatic carbocycles. The van der Waals surface area contributed by atoms with Crippen LogP contribution in [-0.4, -0.2) is 33.4 Å². The molecule has 148 valence electrons. The number of para-hydroxylation sites is 2. The molecule has 4 rings (SSSR count). The molecular formula is C22H22N4O3. The lowest BCUT2D eigenvalue weighted by molar-refractivity contribution is -0.384. The molecule has 0 spiro atoms. The number of rotatable bonds is 6. The second-order valence-electron chi connectivity index (χ2n) is 6.98. The average molecular weight is 390 g/mol. The molecule has 7 heteroatoms. The average Bonchev–Trinajstić information content (AvgIpc) is 3.22. The summed E-state index contributed by atoms with van der Waals surface area (Å²) in [6, 6.07) is 20.4. The van der Waals surface area contributed by atoms with Gasteiger partial charge >= 0.3 is 0 Å². The number of nitrogens with one attached hydrogen (secondary N) is 1. The summed E-state index contributed by atoms with van der Waals surface area (Å²) in [7, 11) is 0. The first-order valence-corrected chi connectivity index (χ1v) is 9.62. The van der Waals surface area contributed by atoms with Crippen molar-refractivity contribution in [1.29, 1.82) is 0 Å². The van der Waals surface area contributed by atoms with E-state index in [-0.39, 0.29) is 24.1 Å². The number of benzene rings is 2. The standard InChI is InChI=1S/C22H22N4O3/c27-21(12-13-23-18-9-4-5-10-19(18)26(28)29)25-16-15-24-14-6-11-20(24)22(25)17-7-2-1-3-8-17/h1-11,14,22-23H,12-13,15-16H2. The van der Waals surface area contributed by atoms with Crippen LogP contribution in [0.4, 0.5) is 11.4 Å². The summed E-state index contributed by atoms with van der Waals surface area (Å²) in [6.07, 6.45) is 2.30. The van der Waals surface area contributed by atoms with Crippen LogP contribution in [0.1, 0.15) is 23.7 Å². The number of anilines is 1. The van der Waals surface area contributed by atoms with Gasteiger partial charge in [-0.1, -0.05) is 42.5 Å². The van der Waals surface area contributed by atoms with E-state index in [0.29, 0.717) is 18.8 Å². The maximum Gasteiger partial charge on any atom is 0.292 e. The number of nitro benzene ring substituents is 1. The third-order valence-corrected chi connectivity index (χ3v) is 5.23. The minimum Gasteiger partial charge on any atom is -0.379 e. The van der Waals surface area contributed by atoms with Crippen molar-refractivity contribution < 1.29 is 9.72 Å². The van der Waals surface area contributed by atoms with Gasteiger partial charge in [0.2, 0.25) is 5.91 Å². The Morgan fingerprint density at radius 1 is 1.03 bits per heavy atom. The lowest BCUT2D eigenvalue weighted by Gasteiger charge is -2.37. The fourth-order valence-corrected chi connectivity index (χ4v) is 3.87. The number of nitrogens with zero attached hydrogens (tertiary/aromatic N) is 3. The van der Waals surface area contributed by atoms with Gasteiger partial charge in [-0.05, 0) is 23.8 Å². The first kappa shape index (κ1) is 18.7. The smallest absolute Gasteiger partial charge is 0.292 e. The van der Waals surface area contributed by atoms with Crippen molar-refractivity contribution in [2.75, 3.05) is 18.4 Å². The fraction of sp³-hybridized carbons (Fsp3) is 0.227. The lowest BCUT2D eigenvalue weighted by Crippen LogP contribution is -2.42. The molecule has 3 aromatic rings. The van der Waals surface area contributed by atoms with E-state index in [1.165, 1.54) is 6.07 Å². The summed E-state index contributed by atoms with van der Waals surface area (Å²) in [6.45, 7) is 1.73. The molecule has 1 N–H and O–H groups in total. The quantitative estimate of drug-likeness (QED) is 0.512. The fourth-order valence-electron chi connectivity index (χ4n) is 3.87. The highest BCUT2D eigenvalue weighted by Gasteiger charge is 2.31. The number of nitro groups is 1. The normalized spacial score (nSPS) is 15.6. The van der Waals surface area contributed by atoms with Gasteiger partial charge in [0.1, 0.15) is 5.69 Å². The van der Waals surface area contributed by atoms with Gasteiger partial charge in [0, 0.05) is 44.0 Å². The van der Waals surface area contributed by atoms with Gasteiger partial charge in [-0.3, -0.25) is 14.9 Å². The molecule has 7 nitrogen and oxygen atoms in total. The van der Waals surface area contributed by atoms with Crippen molar-refractivity contribution >= 4 is 17.3 Å². The van der Waals surface area contributed by atoms with E-state index >= 15 is 0 Å². The van der Waals surface area contributed by atoms with E-state index < -0.39 is 4.92 Å². The van der Waals surface area contributed by atoms with Crippen LogP contribution in [0, 0.1) is 10.1 Å². The number of carbonyl (C=O) groups is 1. The molecular weight excluding hydrogens is 368 g/mol. The Morgan fingerprint density at radius 2 is 1.79 bits per heavy atom. The Hall–Kier alpha value is -3.61. The number of hydrogen-bond acceptors (Lipinski definition) is 4. The highest BCUT2D eigenvalue weighted by Crippen LogP contribution is 2.32. The summed E-state index contributed by atoms with van der Waals surface area (Å²) in [5.74, 6) is 0.0254. The van der Waals surface area contributed by atoms with Crippen molar-refractivity contribution in [3.63, 3.8) is 0 Å². The van der Waals surface area contributed by atoms with Crippen LogP contribution in [0.3, 0.4) is 0 Å². The van der Waals surface area contributed by atoms with Gasteiger partial charge in [0.05, 0.1) is 11.0 Å². The highest BCUT2D eigenvalue weighted by molar-refractivity contribution is 5.78. The van der Waals surface area contributed by atoms with Crippen LogP contribution in [0.15, 0.2) is 72.9 Å². The molecule has 29 heavy (non-hydrogen) atoms. The first-order chi connectivity index (χ1) is 14.1. The molecule has 1 atom stereocenters. The Kier molecular flexibility index (Phi) is 5.29. The summed E-state index contributed by atoms with van der Waals surface area (Å²) >= 11 is 0. The van der Waals surface area contributed by atoms with Crippen LogP contribution in [-0.2, 0) is 11.3 Å². The van der Waals surface area contributed by atoms with E-state index in [2.05, 4.69) is 16.0 Å². The topological polar surface area (TPSA) is 80.4 Å². The predicted molar refractivity (Wildman–Crippen MR) is 111 cm³/mol. The minimum atomic E-state index is -0.422. The van der Waals surface area contributed by atoms with E-state index in [1.54, 1.807) is 18.2 Å². The Labute approximate surface area is 168 Å². The molecule has 2 aromatic carbocycles. The van der Waals surface area contributed by atoms with Gasteiger partial charge in [-0.25, -0.2) is 0 Å². The van der Waals surface area contributed by atoms with E-state index in [9.17, 15) is 14.9 Å². The second-order valence-corrected chi connectivity index (χ2v) is 6.98. The molecule has 0 fully saturated rings. The predicted octanol–water partition coefficient (Wildman–Crippen LogP) is 3.83. The van der Waals surface area contributed by atoms with E-state index in [1.807, 2.05) is 47.5 Å². The number of fused-ring (bicyclic) bond motifs is 1. The Bertz CT molecular complexity index is 1020. The highest BCUT2D eigenvalue weighted by atomic mass is 16.6. The van der Waals surface area contributed by atoms with Crippen molar-refractivity contribution in [2.24, 2.45) is 0 Å². The van der Waals surface area contributed by atoms with Crippen molar-refractivity contribution in [2.45, 2.75) is 19.0 Å².